The molecule has 2 atom stereocenters. The third-order valence-corrected chi connectivity index (χ3v) is 10.2. The molecule has 2 aliphatic rings. The lowest BCUT2D eigenvalue weighted by atomic mass is 9.87. The molecule has 1 aliphatic heterocycles. The van der Waals surface area contributed by atoms with E-state index in [0.717, 1.165) is 51.0 Å². The van der Waals surface area contributed by atoms with Crippen LogP contribution in [-0.4, -0.2) is 21.0 Å². The van der Waals surface area contributed by atoms with Crippen LogP contribution in [0, 0.1) is 0 Å². The van der Waals surface area contributed by atoms with Crippen LogP contribution in [0.1, 0.15) is 11.6 Å². The van der Waals surface area contributed by atoms with E-state index in [0.29, 0.717) is 0 Å². The molecule has 0 N–H and O–H groups in total. The summed E-state index contributed by atoms with van der Waals surface area (Å²) >= 11 is 0. The molecule has 240 valence electrons. The molecule has 0 saturated heterocycles. The van der Waals surface area contributed by atoms with Gasteiger partial charge in [0.15, 0.2) is 0 Å². The first-order valence-electron chi connectivity index (χ1n) is 17.5. The van der Waals surface area contributed by atoms with E-state index in [1.165, 1.54) is 32.7 Å². The average molecular weight is 653 g/mol. The lowest BCUT2D eigenvalue weighted by molar-refractivity contribution is 0.732. The first-order chi connectivity index (χ1) is 25.3. The second kappa shape index (κ2) is 12.0. The number of rotatable bonds is 5. The molecule has 2 unspecified atom stereocenters. The number of benzene rings is 5. The Labute approximate surface area is 296 Å². The van der Waals surface area contributed by atoms with Gasteiger partial charge in [0.05, 0.1) is 40.2 Å². The largest absolute Gasteiger partial charge is 0.332 e. The van der Waals surface area contributed by atoms with Gasteiger partial charge in [0, 0.05) is 28.9 Å². The van der Waals surface area contributed by atoms with Gasteiger partial charge in [0.25, 0.3) is 0 Å². The van der Waals surface area contributed by atoms with Crippen LogP contribution < -0.4 is 4.90 Å². The number of hydrogen-bond donors (Lipinski definition) is 0. The summed E-state index contributed by atoms with van der Waals surface area (Å²) < 4.78 is 0. The maximum Gasteiger partial charge on any atom is 0.0893 e. The van der Waals surface area contributed by atoms with Crippen molar-refractivity contribution in [3.63, 3.8) is 0 Å². The van der Waals surface area contributed by atoms with Crippen LogP contribution in [0.25, 0.3) is 66.6 Å². The number of hydrogen-bond acceptors (Lipinski definition) is 4. The zero-order chi connectivity index (χ0) is 33.7. The summed E-state index contributed by atoms with van der Waals surface area (Å²) in [6.07, 6.45) is 10.7. The van der Waals surface area contributed by atoms with E-state index in [1.54, 1.807) is 0 Å². The van der Waals surface area contributed by atoms with Crippen molar-refractivity contribution in [2.45, 2.75) is 12.0 Å². The minimum absolute atomic E-state index is 0.217. The predicted octanol–water partition coefficient (Wildman–Crippen LogP) is 11.6. The zero-order valence-electron chi connectivity index (χ0n) is 27.8. The van der Waals surface area contributed by atoms with Gasteiger partial charge >= 0.3 is 0 Å². The van der Waals surface area contributed by atoms with E-state index in [9.17, 15) is 0 Å². The highest BCUT2D eigenvalue weighted by Gasteiger charge is 2.38. The van der Waals surface area contributed by atoms with Gasteiger partial charge in [0.2, 0.25) is 0 Å². The minimum atomic E-state index is 0.217. The van der Waals surface area contributed by atoms with Crippen molar-refractivity contribution in [1.29, 1.82) is 0 Å². The van der Waals surface area contributed by atoms with E-state index in [-0.39, 0.29) is 12.0 Å². The Kier molecular flexibility index (Phi) is 6.91. The number of allylic oxidation sites excluding steroid dienone is 2. The highest BCUT2D eigenvalue weighted by molar-refractivity contribution is 6.21. The molecule has 1 aliphatic carbocycles. The fraction of sp³-hybridized carbons (Fsp3) is 0.0426. The van der Waals surface area contributed by atoms with Crippen LogP contribution >= 0.6 is 0 Å². The van der Waals surface area contributed by atoms with Crippen molar-refractivity contribution in [3.05, 3.63) is 188 Å². The van der Waals surface area contributed by atoms with Crippen LogP contribution in [0.3, 0.4) is 0 Å². The lowest BCUT2D eigenvalue weighted by Crippen LogP contribution is -2.28. The van der Waals surface area contributed by atoms with E-state index < -0.39 is 0 Å². The Morgan fingerprint density at radius 1 is 0.431 bits per heavy atom. The van der Waals surface area contributed by atoms with E-state index in [2.05, 4.69) is 175 Å². The molecular weight excluding hydrogens is 621 g/mol. The van der Waals surface area contributed by atoms with Crippen LogP contribution in [0.4, 0.5) is 11.4 Å². The van der Waals surface area contributed by atoms with E-state index in [1.807, 2.05) is 12.3 Å². The van der Waals surface area contributed by atoms with Gasteiger partial charge in [-0.05, 0) is 81.2 Å². The summed E-state index contributed by atoms with van der Waals surface area (Å²) in [6, 6.07) is 53.7. The standard InChI is InChI=1S/C47H32N4/c1-2-13-32(14-3-1)45-34-15-4-6-17-36(34)46(37-18-7-5-16-35(37)45)42-23-11-22-41(50-42)40-21-10-20-39(49-40)31-26-28-33(29-27-31)51-43-24-9-8-19-38(43)47-44(51)25-12-30-48-47/h1-30,38,43H. The van der Waals surface area contributed by atoms with Crippen LogP contribution in [0.15, 0.2) is 182 Å². The average Bonchev–Trinajstić information content (AvgIpc) is 3.55. The van der Waals surface area contributed by atoms with E-state index >= 15 is 0 Å². The maximum absolute atomic E-state index is 5.29. The van der Waals surface area contributed by atoms with Gasteiger partial charge in [-0.25, -0.2) is 9.97 Å². The maximum atomic E-state index is 5.29. The third-order valence-electron chi connectivity index (χ3n) is 10.2. The molecule has 51 heavy (non-hydrogen) atoms. The number of nitrogens with zero attached hydrogens (tertiary/aromatic N) is 4. The topological polar surface area (TPSA) is 41.9 Å². The second-order valence-electron chi connectivity index (χ2n) is 13.1. The van der Waals surface area contributed by atoms with E-state index in [4.69, 9.17) is 15.0 Å². The Morgan fingerprint density at radius 2 is 1.02 bits per heavy atom. The quantitative estimate of drug-likeness (QED) is 0.174. The highest BCUT2D eigenvalue weighted by Crippen LogP contribution is 2.47. The molecule has 4 heterocycles. The molecular formula is C47H32N4. The molecule has 10 rings (SSSR count). The molecule has 4 heteroatoms. The Morgan fingerprint density at radius 3 is 1.73 bits per heavy atom. The van der Waals surface area contributed by atoms with Crippen LogP contribution in [0.2, 0.25) is 0 Å². The van der Waals surface area contributed by atoms with Crippen molar-refractivity contribution >= 4 is 32.9 Å². The number of pyridine rings is 3. The minimum Gasteiger partial charge on any atom is -0.332 e. The molecule has 0 saturated carbocycles. The van der Waals surface area contributed by atoms with Gasteiger partial charge < -0.3 is 4.90 Å². The lowest BCUT2D eigenvalue weighted by Gasteiger charge is -2.28. The summed E-state index contributed by atoms with van der Waals surface area (Å²) in [4.78, 5) is 17.6. The van der Waals surface area contributed by atoms with Crippen molar-refractivity contribution in [2.24, 2.45) is 0 Å². The summed E-state index contributed by atoms with van der Waals surface area (Å²) in [7, 11) is 0. The molecule has 4 nitrogen and oxygen atoms in total. The predicted molar refractivity (Wildman–Crippen MR) is 210 cm³/mol. The Hall–Kier alpha value is -6.65. The molecule has 0 radical (unpaired) electrons. The summed E-state index contributed by atoms with van der Waals surface area (Å²) in [5.74, 6) is 0.255. The number of anilines is 2. The van der Waals surface area contributed by atoms with Crippen molar-refractivity contribution in [1.82, 2.24) is 15.0 Å². The smallest absolute Gasteiger partial charge is 0.0893 e. The first-order valence-corrected chi connectivity index (χ1v) is 17.5. The molecule has 5 aromatic carbocycles. The number of aromatic nitrogens is 3. The van der Waals surface area contributed by atoms with Gasteiger partial charge in [0.1, 0.15) is 0 Å². The van der Waals surface area contributed by atoms with Crippen molar-refractivity contribution in [2.75, 3.05) is 4.90 Å². The van der Waals surface area contributed by atoms with Gasteiger partial charge in [-0.15, -0.1) is 0 Å². The Balaban J connectivity index is 1.03. The molecule has 0 fully saturated rings. The summed E-state index contributed by atoms with van der Waals surface area (Å²) in [5, 5.41) is 4.80. The van der Waals surface area contributed by atoms with Crippen molar-refractivity contribution < 1.29 is 0 Å². The third kappa shape index (κ3) is 4.87. The highest BCUT2D eigenvalue weighted by atomic mass is 15.2. The molecule has 8 aromatic rings. The molecule has 0 spiro atoms. The summed E-state index contributed by atoms with van der Waals surface area (Å²) in [6.45, 7) is 0. The fourth-order valence-corrected chi connectivity index (χ4v) is 8.00. The van der Waals surface area contributed by atoms with Crippen LogP contribution in [-0.2, 0) is 0 Å². The summed E-state index contributed by atoms with van der Waals surface area (Å²) in [5.41, 5.74) is 11.6. The zero-order valence-corrected chi connectivity index (χ0v) is 27.8. The van der Waals surface area contributed by atoms with Crippen molar-refractivity contribution in [3.8, 4) is 45.0 Å². The van der Waals surface area contributed by atoms with Gasteiger partial charge in [-0.2, -0.15) is 0 Å². The van der Waals surface area contributed by atoms with Crippen LogP contribution in [0.5, 0.6) is 0 Å². The molecule has 3 aromatic heterocycles. The van der Waals surface area contributed by atoms with Gasteiger partial charge in [-0.1, -0.05) is 127 Å². The molecule has 0 bridgehead atoms. The second-order valence-corrected chi connectivity index (χ2v) is 13.1. The fourth-order valence-electron chi connectivity index (χ4n) is 8.00. The SMILES string of the molecule is C1=CC2c3ncccc3N(c3ccc(-c4cccc(-c5cccc(-c6c7ccccc7c(-c7ccccc7)c7ccccc67)n5)n4)cc3)C2C=C1. The normalized spacial score (nSPS) is 16.0. The Bertz CT molecular complexity index is 2600. The number of fused-ring (bicyclic) bond motifs is 5. The van der Waals surface area contributed by atoms with Gasteiger partial charge in [-0.3, -0.25) is 4.98 Å². The first kappa shape index (κ1) is 29.3. The molecule has 0 amide bonds. The monoisotopic (exact) mass is 652 g/mol.